The molecular formula is C20H17N3O5S3. The first kappa shape index (κ1) is 22.8. The first-order valence-electron chi connectivity index (χ1n) is 8.85. The summed E-state index contributed by atoms with van der Waals surface area (Å²) < 4.78 is 5.81. The van der Waals surface area contributed by atoms with Crippen molar-refractivity contribution in [2.24, 2.45) is 0 Å². The van der Waals surface area contributed by atoms with E-state index in [1.165, 1.54) is 47.0 Å². The number of thioether (sulfide) groups is 1. The number of hydrogen-bond donors (Lipinski definition) is 1. The smallest absolute Gasteiger partial charge is 0.340 e. The molecule has 0 bridgehead atoms. The molecule has 3 aromatic rings. The summed E-state index contributed by atoms with van der Waals surface area (Å²) in [5.74, 6) is -1.34. The van der Waals surface area contributed by atoms with Crippen LogP contribution in [-0.4, -0.2) is 34.6 Å². The van der Waals surface area contributed by atoms with Crippen LogP contribution in [0.4, 0.5) is 11.4 Å². The molecule has 31 heavy (non-hydrogen) atoms. The van der Waals surface area contributed by atoms with Gasteiger partial charge in [0.25, 0.3) is 11.6 Å². The van der Waals surface area contributed by atoms with Crippen molar-refractivity contribution in [3.8, 4) is 0 Å². The number of benzene rings is 2. The maximum Gasteiger partial charge on any atom is 0.340 e. The monoisotopic (exact) mass is 475 g/mol. The van der Waals surface area contributed by atoms with Crippen molar-refractivity contribution in [1.82, 2.24) is 4.98 Å². The third-order valence-electron chi connectivity index (χ3n) is 3.88. The summed E-state index contributed by atoms with van der Waals surface area (Å²) in [7, 11) is 0. The average molecular weight is 476 g/mol. The van der Waals surface area contributed by atoms with E-state index in [1.54, 1.807) is 18.2 Å². The van der Waals surface area contributed by atoms with E-state index in [-0.39, 0.29) is 11.3 Å². The summed E-state index contributed by atoms with van der Waals surface area (Å²) in [5.41, 5.74) is 1.17. The highest BCUT2D eigenvalue weighted by atomic mass is 32.2. The number of amides is 1. The minimum Gasteiger partial charge on any atom is -0.452 e. The number of aromatic nitrogens is 1. The van der Waals surface area contributed by atoms with Crippen molar-refractivity contribution in [2.75, 3.05) is 18.2 Å². The highest BCUT2D eigenvalue weighted by Gasteiger charge is 2.20. The van der Waals surface area contributed by atoms with E-state index in [0.717, 1.165) is 16.7 Å². The molecule has 2 aromatic carbocycles. The van der Waals surface area contributed by atoms with Crippen molar-refractivity contribution < 1.29 is 19.2 Å². The van der Waals surface area contributed by atoms with Crippen LogP contribution in [0.25, 0.3) is 0 Å². The van der Waals surface area contributed by atoms with Gasteiger partial charge < -0.3 is 10.1 Å². The van der Waals surface area contributed by atoms with Crippen LogP contribution in [0.3, 0.4) is 0 Å². The normalized spacial score (nSPS) is 10.5. The van der Waals surface area contributed by atoms with Crippen LogP contribution >= 0.6 is 34.9 Å². The van der Waals surface area contributed by atoms with Crippen molar-refractivity contribution >= 4 is 58.1 Å². The number of rotatable bonds is 8. The molecule has 3 rings (SSSR count). The Labute approximate surface area is 190 Å². The lowest BCUT2D eigenvalue weighted by molar-refractivity contribution is -0.384. The Kier molecular flexibility index (Phi) is 7.66. The van der Waals surface area contributed by atoms with E-state index in [4.69, 9.17) is 4.74 Å². The highest BCUT2D eigenvalue weighted by Crippen LogP contribution is 2.34. The maximum atomic E-state index is 12.6. The largest absolute Gasteiger partial charge is 0.452 e. The molecule has 0 unspecified atom stereocenters. The summed E-state index contributed by atoms with van der Waals surface area (Å²) >= 11 is 4.14. The molecule has 0 radical (unpaired) electrons. The van der Waals surface area contributed by atoms with Gasteiger partial charge in [-0.15, -0.1) is 23.1 Å². The summed E-state index contributed by atoms with van der Waals surface area (Å²) in [4.78, 5) is 41.1. The van der Waals surface area contributed by atoms with Crippen LogP contribution in [0.5, 0.6) is 0 Å². The van der Waals surface area contributed by atoms with Gasteiger partial charge in [0.05, 0.1) is 10.5 Å². The van der Waals surface area contributed by atoms with Gasteiger partial charge in [-0.3, -0.25) is 14.9 Å². The topological polar surface area (TPSA) is 111 Å². The van der Waals surface area contributed by atoms with Crippen molar-refractivity contribution in [2.45, 2.75) is 21.1 Å². The number of hydrogen-bond acceptors (Lipinski definition) is 9. The number of ether oxygens (including phenoxy) is 1. The molecule has 0 fully saturated rings. The number of anilines is 1. The van der Waals surface area contributed by atoms with Gasteiger partial charge in [-0.25, -0.2) is 9.78 Å². The van der Waals surface area contributed by atoms with Crippen LogP contribution < -0.4 is 5.32 Å². The lowest BCUT2D eigenvalue weighted by atomic mass is 10.2. The highest BCUT2D eigenvalue weighted by molar-refractivity contribution is 8.01. The van der Waals surface area contributed by atoms with E-state index in [0.29, 0.717) is 14.9 Å². The molecule has 0 aliphatic heterocycles. The van der Waals surface area contributed by atoms with Gasteiger partial charge in [0.2, 0.25) is 0 Å². The quantitative estimate of drug-likeness (QED) is 0.209. The first-order valence-corrected chi connectivity index (χ1v) is 11.8. The van der Waals surface area contributed by atoms with E-state index in [9.17, 15) is 19.7 Å². The third kappa shape index (κ3) is 6.29. The molecule has 0 aliphatic carbocycles. The molecule has 160 valence electrons. The number of nitrogens with zero attached hydrogens (tertiary/aromatic N) is 2. The number of aryl methyl sites for hydroxylation is 1. The molecule has 0 spiro atoms. The molecular weight excluding hydrogens is 458 g/mol. The molecule has 11 heteroatoms. The predicted molar refractivity (Wildman–Crippen MR) is 121 cm³/mol. The number of nitrogens with one attached hydrogen (secondary N) is 1. The molecule has 1 N–H and O–H groups in total. The molecule has 1 heterocycles. The minimum absolute atomic E-state index is 0.00392. The average Bonchev–Trinajstić information content (AvgIpc) is 3.16. The standard InChI is InChI=1S/C20H17N3O5S3/c1-12-11-30-20(21-12)31-17-7-6-14(23(26)27)9-16(17)19(25)28-10-18(24)22-13-4-3-5-15(8-13)29-2/h3-9,11H,10H2,1-2H3,(H,22,24). The number of esters is 1. The Balaban J connectivity index is 1.72. The van der Waals surface area contributed by atoms with Gasteiger partial charge in [-0.2, -0.15) is 0 Å². The first-order chi connectivity index (χ1) is 14.9. The van der Waals surface area contributed by atoms with Crippen LogP contribution in [0.1, 0.15) is 16.1 Å². The van der Waals surface area contributed by atoms with Crippen LogP contribution in [0.15, 0.2) is 62.0 Å². The number of non-ortho nitro benzene ring substituents is 1. The van der Waals surface area contributed by atoms with Crippen molar-refractivity contribution in [3.63, 3.8) is 0 Å². The minimum atomic E-state index is -0.826. The molecule has 0 atom stereocenters. The van der Waals surface area contributed by atoms with Gasteiger partial charge in [0.15, 0.2) is 10.9 Å². The molecule has 0 aliphatic rings. The summed E-state index contributed by atoms with van der Waals surface area (Å²) in [5, 5.41) is 15.7. The fourth-order valence-corrected chi connectivity index (χ4v) is 4.81. The van der Waals surface area contributed by atoms with Crippen molar-refractivity contribution in [3.05, 3.63) is 69.2 Å². The fraction of sp³-hybridized carbons (Fsp3) is 0.150. The molecule has 1 amide bonds. The van der Waals surface area contributed by atoms with Gasteiger partial charge in [-0.05, 0) is 37.4 Å². The number of carbonyl (C=O) groups excluding carboxylic acids is 2. The second-order valence-corrected chi connectivity index (χ2v) is 9.18. The Bertz CT molecular complexity index is 1130. The molecule has 1 aromatic heterocycles. The SMILES string of the molecule is CSc1cccc(NC(=O)COC(=O)c2cc([N+](=O)[O-])ccc2Sc2nc(C)cs2)c1. The summed E-state index contributed by atoms with van der Waals surface area (Å²) in [6, 6.07) is 11.2. The zero-order chi connectivity index (χ0) is 22.4. The zero-order valence-corrected chi connectivity index (χ0v) is 18.9. The third-order valence-corrected chi connectivity index (χ3v) is 6.73. The summed E-state index contributed by atoms with van der Waals surface area (Å²) in [6.07, 6.45) is 1.92. The molecule has 8 nitrogen and oxygen atoms in total. The number of nitro benzene ring substituents is 1. The van der Waals surface area contributed by atoms with Crippen LogP contribution in [-0.2, 0) is 9.53 Å². The van der Waals surface area contributed by atoms with Crippen molar-refractivity contribution in [1.29, 1.82) is 0 Å². The Morgan fingerprint density at radius 3 is 2.74 bits per heavy atom. The second-order valence-electron chi connectivity index (χ2n) is 6.15. The van der Waals surface area contributed by atoms with Gasteiger partial charge in [0.1, 0.15) is 0 Å². The Morgan fingerprint density at radius 1 is 1.26 bits per heavy atom. The second kappa shape index (κ2) is 10.4. The lowest BCUT2D eigenvalue weighted by Gasteiger charge is -2.10. The summed E-state index contributed by atoms with van der Waals surface area (Å²) in [6.45, 7) is 1.32. The van der Waals surface area contributed by atoms with E-state index in [2.05, 4.69) is 10.3 Å². The fourth-order valence-electron chi connectivity index (χ4n) is 2.46. The van der Waals surface area contributed by atoms with Gasteiger partial charge in [0, 0.05) is 38.7 Å². The van der Waals surface area contributed by atoms with E-state index in [1.807, 2.05) is 24.6 Å². The molecule has 0 saturated heterocycles. The maximum absolute atomic E-state index is 12.6. The number of nitro groups is 1. The number of carbonyl (C=O) groups is 2. The van der Waals surface area contributed by atoms with Crippen LogP contribution in [0.2, 0.25) is 0 Å². The van der Waals surface area contributed by atoms with Gasteiger partial charge in [-0.1, -0.05) is 17.8 Å². The predicted octanol–water partition coefficient (Wildman–Crippen LogP) is 5.03. The number of thiazole rings is 1. The zero-order valence-electron chi connectivity index (χ0n) is 16.5. The van der Waals surface area contributed by atoms with Gasteiger partial charge >= 0.3 is 5.97 Å². The van der Waals surface area contributed by atoms with E-state index >= 15 is 0 Å². The molecule has 0 saturated carbocycles. The van der Waals surface area contributed by atoms with Crippen LogP contribution in [0, 0.1) is 17.0 Å². The van der Waals surface area contributed by atoms with E-state index < -0.39 is 23.4 Å². The lowest BCUT2D eigenvalue weighted by Crippen LogP contribution is -2.21. The Hall–Kier alpha value is -2.89. The Morgan fingerprint density at radius 2 is 2.06 bits per heavy atom.